The fourth-order valence-corrected chi connectivity index (χ4v) is 3.79. The largest absolute Gasteiger partial charge is 0.416 e. The minimum atomic E-state index is -4.92. The first kappa shape index (κ1) is 23.6. The van der Waals surface area contributed by atoms with Crippen LogP contribution in [-0.4, -0.2) is 26.0 Å². The first-order valence-electron chi connectivity index (χ1n) is 9.79. The highest BCUT2D eigenvalue weighted by atomic mass is 19.4. The average molecular weight is 447 g/mol. The van der Waals surface area contributed by atoms with Gasteiger partial charge in [-0.25, -0.2) is 0 Å². The molecule has 1 heterocycles. The molecule has 0 amide bonds. The average Bonchev–Trinajstić information content (AvgIpc) is 2.72. The lowest BCUT2D eigenvalue weighted by Crippen LogP contribution is -2.46. The van der Waals surface area contributed by atoms with Gasteiger partial charge in [0.15, 0.2) is 6.29 Å². The molecule has 1 N–H and O–H groups in total. The topological polar surface area (TPSA) is 30.5 Å². The summed E-state index contributed by atoms with van der Waals surface area (Å²) in [4.78, 5) is 0. The number of hydrogen-bond acceptors (Lipinski definition) is 3. The third kappa shape index (κ3) is 5.58. The normalized spacial score (nSPS) is 23.5. The van der Waals surface area contributed by atoms with Crippen LogP contribution in [0.15, 0.2) is 48.5 Å². The number of rotatable bonds is 5. The molecular weight excluding hydrogens is 424 g/mol. The fraction of sp³-hybridized carbons (Fsp3) is 0.455. The molecule has 0 aliphatic carbocycles. The number of nitrogens with one attached hydrogen (secondary N) is 1. The molecule has 4 atom stereocenters. The number of ether oxygens (including phenoxy) is 2. The second-order valence-electron chi connectivity index (χ2n) is 7.48. The van der Waals surface area contributed by atoms with E-state index in [0.29, 0.717) is 25.2 Å². The molecular formula is C22H23F6NO2. The van der Waals surface area contributed by atoms with Crippen LogP contribution in [0, 0.1) is 0 Å². The monoisotopic (exact) mass is 447 g/mol. The summed E-state index contributed by atoms with van der Waals surface area (Å²) in [6.07, 6.45) is -11.0. The lowest BCUT2D eigenvalue weighted by molar-refractivity contribution is -0.202. The van der Waals surface area contributed by atoms with Gasteiger partial charge in [-0.2, -0.15) is 26.3 Å². The van der Waals surface area contributed by atoms with Crippen molar-refractivity contribution in [2.45, 2.75) is 50.1 Å². The van der Waals surface area contributed by atoms with Crippen molar-refractivity contribution >= 4 is 0 Å². The molecule has 31 heavy (non-hydrogen) atoms. The zero-order valence-electron chi connectivity index (χ0n) is 16.9. The van der Waals surface area contributed by atoms with Crippen molar-refractivity contribution in [1.29, 1.82) is 0 Å². The van der Waals surface area contributed by atoms with Crippen molar-refractivity contribution < 1.29 is 35.8 Å². The summed E-state index contributed by atoms with van der Waals surface area (Å²) >= 11 is 0. The van der Waals surface area contributed by atoms with E-state index in [2.05, 4.69) is 5.32 Å². The molecule has 1 aliphatic rings. The Kier molecular flexibility index (Phi) is 6.98. The third-order valence-electron chi connectivity index (χ3n) is 5.41. The number of hydrogen-bond donors (Lipinski definition) is 1. The van der Waals surface area contributed by atoms with Gasteiger partial charge in [-0.15, -0.1) is 0 Å². The van der Waals surface area contributed by atoms with Crippen LogP contribution >= 0.6 is 0 Å². The van der Waals surface area contributed by atoms with Crippen molar-refractivity contribution in [3.63, 3.8) is 0 Å². The summed E-state index contributed by atoms with van der Waals surface area (Å²) in [5.74, 6) is -0.282. The molecule has 3 rings (SSSR count). The van der Waals surface area contributed by atoms with Crippen LogP contribution in [0.5, 0.6) is 0 Å². The van der Waals surface area contributed by atoms with Gasteiger partial charge in [0.2, 0.25) is 0 Å². The molecule has 0 bridgehead atoms. The molecule has 1 saturated heterocycles. The Morgan fingerprint density at radius 3 is 2.06 bits per heavy atom. The Bertz CT molecular complexity index is 836. The number of halogens is 6. The lowest BCUT2D eigenvalue weighted by atomic mass is 9.87. The third-order valence-corrected chi connectivity index (χ3v) is 5.41. The Morgan fingerprint density at radius 1 is 0.968 bits per heavy atom. The van der Waals surface area contributed by atoms with Crippen molar-refractivity contribution in [1.82, 2.24) is 5.32 Å². The van der Waals surface area contributed by atoms with E-state index in [1.165, 1.54) is 6.92 Å². The molecule has 0 radical (unpaired) electrons. The Morgan fingerprint density at radius 2 is 1.55 bits per heavy atom. The van der Waals surface area contributed by atoms with Crippen molar-refractivity contribution in [2.75, 3.05) is 13.7 Å². The van der Waals surface area contributed by atoms with Gasteiger partial charge in [0, 0.05) is 6.04 Å². The van der Waals surface area contributed by atoms with Crippen LogP contribution in [-0.2, 0) is 21.8 Å². The molecule has 2 aromatic rings. The van der Waals surface area contributed by atoms with Crippen molar-refractivity contribution in [3.05, 3.63) is 70.8 Å². The minimum Gasteiger partial charge on any atom is -0.352 e. The Labute approximate surface area is 176 Å². The zero-order chi connectivity index (χ0) is 22.8. The molecule has 3 nitrogen and oxygen atoms in total. The van der Waals surface area contributed by atoms with Gasteiger partial charge in [0.05, 0.1) is 29.8 Å². The quantitative estimate of drug-likeness (QED) is 0.578. The number of benzene rings is 2. The van der Waals surface area contributed by atoms with Crippen LogP contribution in [0.4, 0.5) is 26.3 Å². The molecule has 0 aromatic heterocycles. The van der Waals surface area contributed by atoms with Crippen LogP contribution < -0.4 is 5.32 Å². The predicted molar refractivity (Wildman–Crippen MR) is 102 cm³/mol. The van der Waals surface area contributed by atoms with Gasteiger partial charge in [0.1, 0.15) is 0 Å². The zero-order valence-corrected chi connectivity index (χ0v) is 16.9. The molecule has 0 spiro atoms. The highest BCUT2D eigenvalue weighted by molar-refractivity contribution is 5.35. The summed E-state index contributed by atoms with van der Waals surface area (Å²) in [5, 5.41) is 3.20. The van der Waals surface area contributed by atoms with Crippen LogP contribution in [0.2, 0.25) is 0 Å². The predicted octanol–water partition coefficient (Wildman–Crippen LogP) is 5.92. The van der Waals surface area contributed by atoms with E-state index in [1.807, 2.05) is 30.3 Å². The summed E-state index contributed by atoms with van der Waals surface area (Å²) in [6.45, 7) is 1.77. The van der Waals surface area contributed by atoms with Crippen LogP contribution in [0.1, 0.15) is 47.6 Å². The smallest absolute Gasteiger partial charge is 0.352 e. The molecule has 0 saturated carbocycles. The maximum Gasteiger partial charge on any atom is 0.416 e. The van der Waals surface area contributed by atoms with Gasteiger partial charge in [-0.3, -0.25) is 0 Å². The summed E-state index contributed by atoms with van der Waals surface area (Å²) < 4.78 is 90.9. The summed E-state index contributed by atoms with van der Waals surface area (Å²) in [7, 11) is 1.79. The summed E-state index contributed by atoms with van der Waals surface area (Å²) in [5.41, 5.74) is -2.06. The first-order chi connectivity index (χ1) is 14.5. The van der Waals surface area contributed by atoms with Gasteiger partial charge in [-0.05, 0) is 49.7 Å². The van der Waals surface area contributed by atoms with Crippen LogP contribution in [0.25, 0.3) is 0 Å². The van der Waals surface area contributed by atoms with E-state index in [4.69, 9.17) is 9.47 Å². The first-order valence-corrected chi connectivity index (χ1v) is 9.79. The number of alkyl halides is 6. The highest BCUT2D eigenvalue weighted by Crippen LogP contribution is 2.39. The second-order valence-corrected chi connectivity index (χ2v) is 7.48. The standard InChI is InChI=1S/C22H23F6NO2/c1-13(15-10-16(21(23,24)25)12-17(11-15)22(26,27)28)31-20-19(14-6-4-3-5-7-14)18(29-2)8-9-30-20/h3-7,10-13,18-20,29H,8-9H2,1-2H3/t13-,18-,19+,20-/m1/s1. The second kappa shape index (κ2) is 9.18. The maximum absolute atomic E-state index is 13.2. The Hall–Kier alpha value is -2.10. The van der Waals surface area contributed by atoms with Gasteiger partial charge >= 0.3 is 12.4 Å². The van der Waals surface area contributed by atoms with E-state index in [0.717, 1.165) is 5.56 Å². The summed E-state index contributed by atoms with van der Waals surface area (Å²) in [6, 6.07) is 10.8. The molecule has 170 valence electrons. The van der Waals surface area contributed by atoms with Crippen molar-refractivity contribution in [3.8, 4) is 0 Å². The SMILES string of the molecule is CN[C@@H]1CCO[C@H](O[C@H](C)c2cc(C(F)(F)F)cc(C(F)(F)F)c2)[C@H]1c1ccccc1. The molecule has 1 fully saturated rings. The van der Waals surface area contributed by atoms with Gasteiger partial charge in [-0.1, -0.05) is 30.3 Å². The van der Waals surface area contributed by atoms with E-state index in [1.54, 1.807) is 7.05 Å². The number of likely N-dealkylation sites (N-methyl/N-ethyl adjacent to an activating group) is 1. The molecule has 2 aromatic carbocycles. The minimum absolute atomic E-state index is 0.0272. The van der Waals surface area contributed by atoms with Crippen LogP contribution in [0.3, 0.4) is 0 Å². The fourth-order valence-electron chi connectivity index (χ4n) is 3.79. The van der Waals surface area contributed by atoms with Gasteiger partial charge < -0.3 is 14.8 Å². The highest BCUT2D eigenvalue weighted by Gasteiger charge is 2.39. The lowest BCUT2D eigenvalue weighted by Gasteiger charge is -2.39. The molecule has 1 aliphatic heterocycles. The Balaban J connectivity index is 1.92. The van der Waals surface area contributed by atoms with E-state index in [9.17, 15) is 26.3 Å². The van der Waals surface area contributed by atoms with E-state index in [-0.39, 0.29) is 23.6 Å². The van der Waals surface area contributed by atoms with E-state index < -0.39 is 35.9 Å². The van der Waals surface area contributed by atoms with E-state index >= 15 is 0 Å². The molecule has 0 unspecified atom stereocenters. The van der Waals surface area contributed by atoms with Crippen molar-refractivity contribution in [2.24, 2.45) is 0 Å². The molecule has 9 heteroatoms. The van der Waals surface area contributed by atoms with Gasteiger partial charge in [0.25, 0.3) is 0 Å². The maximum atomic E-state index is 13.2.